The van der Waals surface area contributed by atoms with Gasteiger partial charge in [0.05, 0.1) is 11.9 Å². The molecule has 0 fully saturated rings. The molecule has 0 N–H and O–H groups in total. The summed E-state index contributed by atoms with van der Waals surface area (Å²) in [6.45, 7) is 7.60. The van der Waals surface area contributed by atoms with E-state index in [-0.39, 0.29) is 6.42 Å². The van der Waals surface area contributed by atoms with Crippen molar-refractivity contribution in [2.24, 2.45) is 4.99 Å². The maximum absolute atomic E-state index is 12.7. The lowest BCUT2D eigenvalue weighted by molar-refractivity contribution is -0.0884. The van der Waals surface area contributed by atoms with E-state index >= 15 is 0 Å². The Hall–Kier alpha value is -1.52. The first kappa shape index (κ1) is 16.5. The molecule has 102 valence electrons. The fourth-order valence-electron chi connectivity index (χ4n) is 1.00. The molecule has 0 aromatic carbocycles. The Morgan fingerprint density at radius 3 is 2.44 bits per heavy atom. The second kappa shape index (κ2) is 7.74. The van der Waals surface area contributed by atoms with Crippen LogP contribution >= 0.6 is 0 Å². The second-order valence-electron chi connectivity index (χ2n) is 3.79. The van der Waals surface area contributed by atoms with Crippen molar-refractivity contribution in [3.63, 3.8) is 0 Å². The lowest BCUT2D eigenvalue weighted by Gasteiger charge is -2.09. The average Bonchev–Trinajstić information content (AvgIpc) is 2.29. The van der Waals surface area contributed by atoms with Gasteiger partial charge < -0.3 is 4.90 Å². The van der Waals surface area contributed by atoms with Crippen LogP contribution in [0.15, 0.2) is 41.1 Å². The van der Waals surface area contributed by atoms with Crippen molar-refractivity contribution in [2.75, 3.05) is 13.6 Å². The van der Waals surface area contributed by atoms with E-state index in [0.29, 0.717) is 5.70 Å². The van der Waals surface area contributed by atoms with Crippen LogP contribution in [0.2, 0.25) is 0 Å². The highest BCUT2D eigenvalue weighted by Gasteiger charge is 2.31. The third kappa shape index (κ3) is 6.93. The predicted molar refractivity (Wildman–Crippen MR) is 69.5 cm³/mol. The number of nitrogens with zero attached hydrogens (tertiary/aromatic N) is 2. The van der Waals surface area contributed by atoms with Gasteiger partial charge in [0.1, 0.15) is 0 Å². The van der Waals surface area contributed by atoms with Crippen LogP contribution in [0.3, 0.4) is 0 Å². The Balaban J connectivity index is 4.95. The minimum atomic E-state index is -4.36. The van der Waals surface area contributed by atoms with E-state index in [1.54, 1.807) is 11.9 Å². The fourth-order valence-corrected chi connectivity index (χ4v) is 1.00. The Labute approximate surface area is 106 Å². The van der Waals surface area contributed by atoms with E-state index in [9.17, 15) is 13.2 Å². The molecule has 0 bridgehead atoms. The number of rotatable bonds is 6. The molecule has 0 saturated heterocycles. The predicted octanol–water partition coefficient (Wildman–Crippen LogP) is 3.94. The second-order valence-corrected chi connectivity index (χ2v) is 3.79. The summed E-state index contributed by atoms with van der Waals surface area (Å²) in [6, 6.07) is 0. The highest BCUT2D eigenvalue weighted by molar-refractivity contribution is 5.56. The summed E-state index contributed by atoms with van der Waals surface area (Å²) >= 11 is 0. The van der Waals surface area contributed by atoms with Gasteiger partial charge in [0.2, 0.25) is 0 Å². The van der Waals surface area contributed by atoms with Crippen LogP contribution in [0.1, 0.15) is 20.3 Å². The molecular weight excluding hydrogens is 241 g/mol. The van der Waals surface area contributed by atoms with Crippen LogP contribution in [0, 0.1) is 0 Å². The zero-order chi connectivity index (χ0) is 14.2. The average molecular weight is 260 g/mol. The Morgan fingerprint density at radius 1 is 1.39 bits per heavy atom. The molecular formula is C13H19F3N2. The van der Waals surface area contributed by atoms with Gasteiger partial charge in [0, 0.05) is 19.3 Å². The summed E-state index contributed by atoms with van der Waals surface area (Å²) in [5.74, 6) is 0. The number of hydrogen-bond acceptors (Lipinski definition) is 1. The van der Waals surface area contributed by atoms with Gasteiger partial charge in [-0.1, -0.05) is 12.2 Å². The molecule has 0 aliphatic carbocycles. The van der Waals surface area contributed by atoms with E-state index in [4.69, 9.17) is 0 Å². The number of allylic oxidation sites excluding steroid dienone is 5. The summed E-state index contributed by atoms with van der Waals surface area (Å²) < 4.78 is 38.0. The first-order chi connectivity index (χ1) is 8.31. The molecule has 0 aromatic rings. The Morgan fingerprint density at radius 2 is 2.00 bits per heavy atom. The van der Waals surface area contributed by atoms with Crippen molar-refractivity contribution in [3.05, 3.63) is 36.1 Å². The molecule has 0 heterocycles. The number of alkyl halides is 3. The lowest BCUT2D eigenvalue weighted by Crippen LogP contribution is -2.14. The minimum absolute atomic E-state index is 0.178. The van der Waals surface area contributed by atoms with Crippen LogP contribution in [0.25, 0.3) is 0 Å². The molecule has 0 spiro atoms. The summed E-state index contributed by atoms with van der Waals surface area (Å²) in [6.07, 6.45) is 0.864. The quantitative estimate of drug-likeness (QED) is 0.306. The summed E-state index contributed by atoms with van der Waals surface area (Å²) in [7, 11) is 1.80. The third-order valence-corrected chi connectivity index (χ3v) is 2.15. The zero-order valence-corrected chi connectivity index (χ0v) is 11.0. The zero-order valence-electron chi connectivity index (χ0n) is 11.0. The molecule has 18 heavy (non-hydrogen) atoms. The SMILES string of the molecule is C=CC/C=C(\C=C(/C)N=CN(C)CC)C(F)(F)F. The molecule has 0 atom stereocenters. The van der Waals surface area contributed by atoms with Crippen molar-refractivity contribution in [1.82, 2.24) is 4.90 Å². The van der Waals surface area contributed by atoms with Gasteiger partial charge >= 0.3 is 6.18 Å². The smallest absolute Gasteiger partial charge is 0.366 e. The van der Waals surface area contributed by atoms with E-state index in [0.717, 1.165) is 18.7 Å². The topological polar surface area (TPSA) is 15.6 Å². The minimum Gasteiger partial charge on any atom is -0.366 e. The maximum atomic E-state index is 12.7. The summed E-state index contributed by atoms with van der Waals surface area (Å²) in [5, 5.41) is 0. The molecule has 0 aromatic heterocycles. The van der Waals surface area contributed by atoms with Gasteiger partial charge in [-0.2, -0.15) is 13.2 Å². The molecule has 0 radical (unpaired) electrons. The molecule has 2 nitrogen and oxygen atoms in total. The fraction of sp³-hybridized carbons (Fsp3) is 0.462. The first-order valence-electron chi connectivity index (χ1n) is 5.62. The van der Waals surface area contributed by atoms with Crippen LogP contribution in [-0.4, -0.2) is 31.0 Å². The summed E-state index contributed by atoms with van der Waals surface area (Å²) in [4.78, 5) is 5.73. The van der Waals surface area contributed by atoms with E-state index < -0.39 is 11.7 Å². The highest BCUT2D eigenvalue weighted by atomic mass is 19.4. The molecule has 0 saturated carbocycles. The number of hydrogen-bond donors (Lipinski definition) is 0. The standard InChI is InChI=1S/C13H19F3N2/c1-5-7-8-12(13(14,15)16)9-11(3)17-10-18(4)6-2/h5,8-10H,1,6-7H2,2-4H3/b11-9+,12-8+,17-10?. The normalized spacial score (nSPS) is 14.1. The van der Waals surface area contributed by atoms with Crippen LogP contribution < -0.4 is 0 Å². The Bertz CT molecular complexity index is 352. The van der Waals surface area contributed by atoms with Crippen LogP contribution in [0.5, 0.6) is 0 Å². The molecule has 0 aliphatic rings. The van der Waals surface area contributed by atoms with Gasteiger partial charge in [-0.25, -0.2) is 4.99 Å². The van der Waals surface area contributed by atoms with Crippen LogP contribution in [0.4, 0.5) is 13.2 Å². The van der Waals surface area contributed by atoms with Gasteiger partial charge in [-0.05, 0) is 26.3 Å². The van der Waals surface area contributed by atoms with Gasteiger partial charge in [-0.3, -0.25) is 0 Å². The summed E-state index contributed by atoms with van der Waals surface area (Å²) in [5.41, 5.74) is -0.390. The number of aliphatic imine (C=N–C) groups is 1. The van der Waals surface area contributed by atoms with E-state index in [1.165, 1.54) is 19.3 Å². The van der Waals surface area contributed by atoms with Crippen molar-refractivity contribution in [2.45, 2.75) is 26.4 Å². The van der Waals surface area contributed by atoms with Crippen molar-refractivity contribution < 1.29 is 13.2 Å². The van der Waals surface area contributed by atoms with Gasteiger partial charge in [0.25, 0.3) is 0 Å². The maximum Gasteiger partial charge on any atom is 0.416 e. The van der Waals surface area contributed by atoms with Crippen molar-refractivity contribution in [3.8, 4) is 0 Å². The number of halogens is 3. The van der Waals surface area contributed by atoms with Gasteiger partial charge in [0.15, 0.2) is 0 Å². The highest BCUT2D eigenvalue weighted by Crippen LogP contribution is 2.28. The monoisotopic (exact) mass is 260 g/mol. The third-order valence-electron chi connectivity index (χ3n) is 2.15. The van der Waals surface area contributed by atoms with Gasteiger partial charge in [-0.15, -0.1) is 6.58 Å². The lowest BCUT2D eigenvalue weighted by atomic mass is 10.2. The van der Waals surface area contributed by atoms with E-state index in [1.807, 2.05) is 6.92 Å². The molecule has 0 rings (SSSR count). The Kier molecular flexibility index (Phi) is 7.08. The largest absolute Gasteiger partial charge is 0.416 e. The molecule has 0 aliphatic heterocycles. The molecule has 0 unspecified atom stereocenters. The molecule has 0 amide bonds. The first-order valence-corrected chi connectivity index (χ1v) is 5.62. The molecule has 5 heteroatoms. The van der Waals surface area contributed by atoms with Crippen LogP contribution in [-0.2, 0) is 0 Å². The van der Waals surface area contributed by atoms with E-state index in [2.05, 4.69) is 11.6 Å². The van der Waals surface area contributed by atoms with Crippen molar-refractivity contribution in [1.29, 1.82) is 0 Å². The van der Waals surface area contributed by atoms with Crippen molar-refractivity contribution >= 4 is 6.34 Å².